The molecular formula is C29H24. The Balaban J connectivity index is 1.65. The van der Waals surface area contributed by atoms with Crippen LogP contribution < -0.4 is 0 Å². The van der Waals surface area contributed by atoms with Crippen molar-refractivity contribution >= 4 is 21.5 Å². The van der Waals surface area contributed by atoms with Crippen molar-refractivity contribution in [3.8, 4) is 11.1 Å². The Kier molecular flexibility index (Phi) is 3.44. The largest absolute Gasteiger partial charge is 0.0836 e. The molecule has 0 heteroatoms. The second kappa shape index (κ2) is 5.94. The molecule has 0 N–H and O–H groups in total. The molecule has 0 bridgehead atoms. The first-order chi connectivity index (χ1) is 14.1. The molecule has 0 spiro atoms. The molecule has 0 aromatic heterocycles. The minimum absolute atomic E-state index is 0.00139. The van der Waals surface area contributed by atoms with Crippen LogP contribution in [0.25, 0.3) is 32.7 Å². The fourth-order valence-electron chi connectivity index (χ4n) is 5.54. The summed E-state index contributed by atoms with van der Waals surface area (Å²) in [5.74, 6) is 0.471. The van der Waals surface area contributed by atoms with Crippen molar-refractivity contribution in [3.63, 3.8) is 0 Å². The summed E-state index contributed by atoms with van der Waals surface area (Å²) in [7, 11) is 0. The number of rotatable bonds is 1. The molecule has 4 aromatic carbocycles. The van der Waals surface area contributed by atoms with E-state index < -0.39 is 0 Å². The fraction of sp³-hybridized carbons (Fsp3) is 0.172. The molecule has 0 amide bonds. The van der Waals surface area contributed by atoms with Gasteiger partial charge < -0.3 is 0 Å². The van der Waals surface area contributed by atoms with Crippen LogP contribution in [0.15, 0.2) is 91.0 Å². The number of benzene rings is 4. The quantitative estimate of drug-likeness (QED) is 0.298. The van der Waals surface area contributed by atoms with Crippen molar-refractivity contribution in [2.75, 3.05) is 0 Å². The lowest BCUT2D eigenvalue weighted by Crippen LogP contribution is -2.18. The molecular weight excluding hydrogens is 348 g/mol. The maximum Gasteiger partial charge on any atom is 0.0162 e. The predicted octanol–water partition coefficient (Wildman–Crippen LogP) is 7.90. The van der Waals surface area contributed by atoms with E-state index in [4.69, 9.17) is 0 Å². The van der Waals surface area contributed by atoms with Crippen LogP contribution in [0.4, 0.5) is 0 Å². The standard InChI is InChI=1S/C29H24/c1-29(2)27-18-25-21(16-15-20-11-6-7-12-22(20)25)17-26(27)24-14-8-13-23(28(24)29)19-9-4-3-5-10-19/h3-9,11-19H,10H2,1-2H3. The molecule has 1 atom stereocenters. The van der Waals surface area contributed by atoms with Crippen molar-refractivity contribution in [1.29, 1.82) is 0 Å². The van der Waals surface area contributed by atoms with E-state index in [-0.39, 0.29) is 5.41 Å². The molecule has 2 aliphatic carbocycles. The average Bonchev–Trinajstić information content (AvgIpc) is 3.00. The zero-order chi connectivity index (χ0) is 19.6. The van der Waals surface area contributed by atoms with Gasteiger partial charge >= 0.3 is 0 Å². The Morgan fingerprint density at radius 1 is 0.759 bits per heavy atom. The van der Waals surface area contributed by atoms with Crippen molar-refractivity contribution in [1.82, 2.24) is 0 Å². The summed E-state index contributed by atoms with van der Waals surface area (Å²) in [5.41, 5.74) is 7.28. The lowest BCUT2D eigenvalue weighted by Gasteiger charge is -2.27. The minimum atomic E-state index is 0.00139. The lowest BCUT2D eigenvalue weighted by molar-refractivity contribution is 0.644. The van der Waals surface area contributed by atoms with Gasteiger partial charge in [0, 0.05) is 11.3 Å². The smallest absolute Gasteiger partial charge is 0.0162 e. The Morgan fingerprint density at radius 2 is 1.62 bits per heavy atom. The third kappa shape index (κ3) is 2.32. The molecule has 2 aliphatic rings. The Bertz CT molecular complexity index is 1350. The third-order valence-corrected chi connectivity index (χ3v) is 6.95. The zero-order valence-corrected chi connectivity index (χ0v) is 16.9. The molecule has 140 valence electrons. The van der Waals surface area contributed by atoms with Crippen molar-refractivity contribution < 1.29 is 0 Å². The van der Waals surface area contributed by atoms with Crippen LogP contribution in [0, 0.1) is 0 Å². The van der Waals surface area contributed by atoms with Crippen molar-refractivity contribution in [3.05, 3.63) is 108 Å². The summed E-state index contributed by atoms with van der Waals surface area (Å²) in [6, 6.07) is 25.1. The van der Waals surface area contributed by atoms with E-state index >= 15 is 0 Å². The number of fused-ring (bicyclic) bond motifs is 6. The van der Waals surface area contributed by atoms with Gasteiger partial charge in [0.05, 0.1) is 0 Å². The van der Waals surface area contributed by atoms with Crippen LogP contribution in [-0.4, -0.2) is 0 Å². The predicted molar refractivity (Wildman–Crippen MR) is 125 cm³/mol. The summed E-state index contributed by atoms with van der Waals surface area (Å²) in [5, 5.41) is 5.36. The van der Waals surface area contributed by atoms with E-state index in [0.29, 0.717) is 5.92 Å². The highest BCUT2D eigenvalue weighted by atomic mass is 14.4. The van der Waals surface area contributed by atoms with E-state index in [1.54, 1.807) is 0 Å². The van der Waals surface area contributed by atoms with Crippen LogP contribution >= 0.6 is 0 Å². The van der Waals surface area contributed by atoms with Gasteiger partial charge in [0.15, 0.2) is 0 Å². The first-order valence-electron chi connectivity index (χ1n) is 10.6. The molecule has 0 nitrogen and oxygen atoms in total. The van der Waals surface area contributed by atoms with Gasteiger partial charge in [0.2, 0.25) is 0 Å². The molecule has 29 heavy (non-hydrogen) atoms. The average molecular weight is 373 g/mol. The van der Waals surface area contributed by atoms with Gasteiger partial charge in [-0.05, 0) is 67.9 Å². The highest BCUT2D eigenvalue weighted by Crippen LogP contribution is 2.53. The minimum Gasteiger partial charge on any atom is -0.0836 e. The number of hydrogen-bond acceptors (Lipinski definition) is 0. The van der Waals surface area contributed by atoms with Gasteiger partial charge in [0.25, 0.3) is 0 Å². The highest BCUT2D eigenvalue weighted by Gasteiger charge is 2.38. The first kappa shape index (κ1) is 16.8. The van der Waals surface area contributed by atoms with Crippen LogP contribution in [0.3, 0.4) is 0 Å². The van der Waals surface area contributed by atoms with Crippen molar-refractivity contribution in [2.24, 2.45) is 0 Å². The second-order valence-corrected chi connectivity index (χ2v) is 8.96. The van der Waals surface area contributed by atoms with Crippen molar-refractivity contribution in [2.45, 2.75) is 31.6 Å². The van der Waals surface area contributed by atoms with E-state index in [0.717, 1.165) is 6.42 Å². The number of allylic oxidation sites excluding steroid dienone is 4. The Morgan fingerprint density at radius 3 is 2.48 bits per heavy atom. The van der Waals surface area contributed by atoms with Crippen LogP contribution in [0.1, 0.15) is 42.9 Å². The molecule has 0 fully saturated rings. The number of hydrogen-bond donors (Lipinski definition) is 0. The lowest BCUT2D eigenvalue weighted by atomic mass is 9.76. The second-order valence-electron chi connectivity index (χ2n) is 8.96. The van der Waals surface area contributed by atoms with Gasteiger partial charge in [0.1, 0.15) is 0 Å². The fourth-order valence-corrected chi connectivity index (χ4v) is 5.54. The Hall–Kier alpha value is -3.12. The third-order valence-electron chi connectivity index (χ3n) is 6.95. The summed E-state index contributed by atoms with van der Waals surface area (Å²) in [4.78, 5) is 0. The maximum absolute atomic E-state index is 2.47. The van der Waals surface area contributed by atoms with Gasteiger partial charge in [-0.25, -0.2) is 0 Å². The molecule has 0 saturated heterocycles. The molecule has 4 aromatic rings. The summed E-state index contributed by atoms with van der Waals surface area (Å²) in [6.07, 6.45) is 10.1. The summed E-state index contributed by atoms with van der Waals surface area (Å²) >= 11 is 0. The maximum atomic E-state index is 2.47. The highest BCUT2D eigenvalue weighted by molar-refractivity contribution is 6.09. The van der Waals surface area contributed by atoms with Gasteiger partial charge in [-0.1, -0.05) is 92.7 Å². The molecule has 6 rings (SSSR count). The van der Waals surface area contributed by atoms with Crippen LogP contribution in [0.2, 0.25) is 0 Å². The van der Waals surface area contributed by atoms with E-state index in [1.165, 1.54) is 49.4 Å². The zero-order valence-electron chi connectivity index (χ0n) is 16.9. The molecule has 0 heterocycles. The van der Waals surface area contributed by atoms with Gasteiger partial charge in [-0.2, -0.15) is 0 Å². The topological polar surface area (TPSA) is 0 Å². The van der Waals surface area contributed by atoms with E-state index in [9.17, 15) is 0 Å². The normalized spacial score (nSPS) is 18.9. The van der Waals surface area contributed by atoms with E-state index in [2.05, 4.69) is 105 Å². The Labute approximate surface area is 172 Å². The molecule has 0 aliphatic heterocycles. The summed E-state index contributed by atoms with van der Waals surface area (Å²) in [6.45, 7) is 4.81. The summed E-state index contributed by atoms with van der Waals surface area (Å²) < 4.78 is 0. The van der Waals surface area contributed by atoms with Crippen LogP contribution in [0.5, 0.6) is 0 Å². The molecule has 0 saturated carbocycles. The first-order valence-corrected chi connectivity index (χ1v) is 10.6. The van der Waals surface area contributed by atoms with Gasteiger partial charge in [-0.15, -0.1) is 0 Å². The molecule has 0 radical (unpaired) electrons. The molecule has 1 unspecified atom stereocenters. The SMILES string of the molecule is CC1(C)c2cc3c(ccc4ccccc43)cc2-c2cccc(C3C=CC=CC3)c21. The van der Waals surface area contributed by atoms with E-state index in [1.807, 2.05) is 0 Å². The van der Waals surface area contributed by atoms with Crippen LogP contribution in [-0.2, 0) is 5.41 Å². The van der Waals surface area contributed by atoms with Gasteiger partial charge in [-0.3, -0.25) is 0 Å². The monoisotopic (exact) mass is 372 g/mol.